The van der Waals surface area contributed by atoms with Crippen LogP contribution in [-0.4, -0.2) is 69.6 Å². The summed E-state index contributed by atoms with van der Waals surface area (Å²) in [5.41, 5.74) is 2.25. The van der Waals surface area contributed by atoms with E-state index in [9.17, 15) is 29.4 Å². The fraction of sp³-hybridized carbons (Fsp3) is 0.419. The van der Waals surface area contributed by atoms with Crippen LogP contribution in [0.15, 0.2) is 54.7 Å². The maximum Gasteiger partial charge on any atom is 0.326 e. The summed E-state index contributed by atoms with van der Waals surface area (Å²) in [5, 5.41) is 31.7. The van der Waals surface area contributed by atoms with E-state index in [0.29, 0.717) is 18.4 Å². The van der Waals surface area contributed by atoms with E-state index in [0.717, 1.165) is 29.4 Å². The molecule has 4 rings (SSSR count). The minimum absolute atomic E-state index is 0.0188. The number of carboxylic acids is 1. The average Bonchev–Trinajstić information content (AvgIpc) is 3.66. The van der Waals surface area contributed by atoms with Crippen LogP contribution in [0.1, 0.15) is 44.2 Å². The number of H-pyrrole nitrogens is 1. The van der Waals surface area contributed by atoms with E-state index in [2.05, 4.69) is 26.3 Å². The second-order valence-corrected chi connectivity index (χ2v) is 10.9. The molecule has 1 saturated heterocycles. The van der Waals surface area contributed by atoms with E-state index < -0.39 is 35.9 Å². The van der Waals surface area contributed by atoms with Crippen LogP contribution in [0.3, 0.4) is 0 Å². The van der Waals surface area contributed by atoms with Gasteiger partial charge in [0.05, 0.1) is 6.04 Å². The largest absolute Gasteiger partial charge is 0.508 e. The number of amides is 3. The smallest absolute Gasteiger partial charge is 0.326 e. The summed E-state index contributed by atoms with van der Waals surface area (Å²) in [6.07, 6.45) is 4.02. The molecule has 1 fully saturated rings. The number of para-hydroxylation sites is 1. The topological polar surface area (TPSA) is 173 Å². The Hall–Kier alpha value is -4.38. The summed E-state index contributed by atoms with van der Waals surface area (Å²) in [6.45, 7) is 4.52. The van der Waals surface area contributed by atoms with Crippen molar-refractivity contribution in [1.82, 2.24) is 26.3 Å². The molecule has 5 atom stereocenters. The van der Waals surface area contributed by atoms with E-state index in [1.54, 1.807) is 18.3 Å². The monoisotopic (exact) mass is 577 g/mol. The first-order chi connectivity index (χ1) is 20.2. The molecule has 1 aliphatic rings. The Bertz CT molecular complexity index is 1400. The molecule has 3 amide bonds. The first kappa shape index (κ1) is 30.6. The second-order valence-electron chi connectivity index (χ2n) is 10.9. The van der Waals surface area contributed by atoms with Crippen molar-refractivity contribution >= 4 is 34.6 Å². The Morgan fingerprint density at radius 1 is 0.952 bits per heavy atom. The maximum absolute atomic E-state index is 13.7. The third-order valence-electron chi connectivity index (χ3n) is 7.89. The predicted octanol–water partition coefficient (Wildman–Crippen LogP) is 2.00. The number of nitrogens with one attached hydrogen (secondary N) is 5. The van der Waals surface area contributed by atoms with Crippen LogP contribution in [0, 0.1) is 5.92 Å². The number of aromatic amines is 1. The first-order valence-corrected chi connectivity index (χ1v) is 14.4. The van der Waals surface area contributed by atoms with Crippen molar-refractivity contribution in [2.75, 3.05) is 6.54 Å². The fourth-order valence-electron chi connectivity index (χ4n) is 5.20. The van der Waals surface area contributed by atoms with Gasteiger partial charge in [-0.25, -0.2) is 4.79 Å². The molecule has 0 spiro atoms. The van der Waals surface area contributed by atoms with Crippen molar-refractivity contribution in [3.8, 4) is 5.75 Å². The van der Waals surface area contributed by atoms with Crippen LogP contribution in [0.2, 0.25) is 0 Å². The van der Waals surface area contributed by atoms with E-state index in [4.69, 9.17) is 0 Å². The number of aromatic hydroxyl groups is 1. The number of carbonyl (C=O) groups is 4. The normalized spacial score (nSPS) is 17.6. The van der Waals surface area contributed by atoms with Crippen LogP contribution < -0.4 is 21.3 Å². The standard InChI is InChI=1S/C31H39N5O6/c1-3-18(2)27(36-28(38)24-9-6-14-32-24)30(40)34-25(16-20-17-33-23-8-5-4-7-22(20)23)29(39)35-26(31(41)42)15-19-10-12-21(37)13-11-19/h4-5,7-8,10-13,17-18,24-27,32-33,37H,3,6,9,14-16H2,1-2H3,(H,34,40)(H,35,39)(H,36,38)(H,41,42). The number of phenolic OH excluding ortho intramolecular Hbond substituents is 1. The molecule has 2 heterocycles. The Morgan fingerprint density at radius 2 is 1.67 bits per heavy atom. The Morgan fingerprint density at radius 3 is 2.33 bits per heavy atom. The Balaban J connectivity index is 1.57. The predicted molar refractivity (Wildman–Crippen MR) is 158 cm³/mol. The molecule has 11 nitrogen and oxygen atoms in total. The number of fused-ring (bicyclic) bond motifs is 1. The molecular formula is C31H39N5O6. The summed E-state index contributed by atoms with van der Waals surface area (Å²) in [7, 11) is 0. The number of hydrogen-bond acceptors (Lipinski definition) is 6. The molecule has 11 heteroatoms. The number of phenols is 1. The number of benzene rings is 2. The summed E-state index contributed by atoms with van der Waals surface area (Å²) in [5.74, 6) is -2.84. The fourth-order valence-corrected chi connectivity index (χ4v) is 5.20. The van der Waals surface area contributed by atoms with Gasteiger partial charge < -0.3 is 36.5 Å². The number of carbonyl (C=O) groups excluding carboxylic acids is 3. The van der Waals surface area contributed by atoms with Crippen LogP contribution in [-0.2, 0) is 32.0 Å². The van der Waals surface area contributed by atoms with Crippen molar-refractivity contribution in [3.05, 3.63) is 65.9 Å². The van der Waals surface area contributed by atoms with E-state index in [1.165, 1.54) is 12.1 Å². The lowest BCUT2D eigenvalue weighted by Gasteiger charge is -2.28. The van der Waals surface area contributed by atoms with Crippen LogP contribution in [0.4, 0.5) is 0 Å². The highest BCUT2D eigenvalue weighted by Gasteiger charge is 2.34. The number of aromatic nitrogens is 1. The summed E-state index contributed by atoms with van der Waals surface area (Å²) in [6, 6.07) is 9.97. The van der Waals surface area contributed by atoms with Gasteiger partial charge in [-0.05, 0) is 54.6 Å². The van der Waals surface area contributed by atoms with Gasteiger partial charge in [-0.15, -0.1) is 0 Å². The molecule has 5 unspecified atom stereocenters. The summed E-state index contributed by atoms with van der Waals surface area (Å²) < 4.78 is 0. The molecule has 0 bridgehead atoms. The summed E-state index contributed by atoms with van der Waals surface area (Å²) >= 11 is 0. The van der Waals surface area contributed by atoms with Crippen molar-refractivity contribution in [2.45, 2.75) is 70.1 Å². The second kappa shape index (κ2) is 14.0. The van der Waals surface area contributed by atoms with Gasteiger partial charge in [0.15, 0.2) is 0 Å². The number of hydrogen-bond donors (Lipinski definition) is 7. The average molecular weight is 578 g/mol. The Kier molecular flexibility index (Phi) is 10.2. The van der Waals surface area contributed by atoms with Crippen molar-refractivity contribution < 1.29 is 29.4 Å². The third-order valence-corrected chi connectivity index (χ3v) is 7.89. The van der Waals surface area contributed by atoms with E-state index >= 15 is 0 Å². The first-order valence-electron chi connectivity index (χ1n) is 14.4. The van der Waals surface area contributed by atoms with Crippen LogP contribution >= 0.6 is 0 Å². The van der Waals surface area contributed by atoms with Gasteiger partial charge >= 0.3 is 5.97 Å². The van der Waals surface area contributed by atoms with Crippen LogP contribution in [0.25, 0.3) is 10.9 Å². The molecule has 7 N–H and O–H groups in total. The molecule has 0 radical (unpaired) electrons. The summed E-state index contributed by atoms with van der Waals surface area (Å²) in [4.78, 5) is 55.5. The van der Waals surface area contributed by atoms with Gasteiger partial charge in [0.1, 0.15) is 23.9 Å². The van der Waals surface area contributed by atoms with Crippen LogP contribution in [0.5, 0.6) is 5.75 Å². The van der Waals surface area contributed by atoms with E-state index in [1.807, 2.05) is 38.1 Å². The molecule has 224 valence electrons. The molecule has 3 aromatic rings. The molecule has 42 heavy (non-hydrogen) atoms. The molecule has 2 aromatic carbocycles. The zero-order valence-corrected chi connectivity index (χ0v) is 23.9. The zero-order chi connectivity index (χ0) is 30.2. The van der Waals surface area contributed by atoms with Gasteiger partial charge in [0.2, 0.25) is 17.7 Å². The highest BCUT2D eigenvalue weighted by molar-refractivity contribution is 5.95. The minimum atomic E-state index is -1.28. The maximum atomic E-state index is 13.7. The van der Waals surface area contributed by atoms with Gasteiger partial charge in [-0.3, -0.25) is 14.4 Å². The van der Waals surface area contributed by atoms with Gasteiger partial charge in [-0.2, -0.15) is 0 Å². The third kappa shape index (κ3) is 7.67. The van der Waals surface area contributed by atoms with E-state index in [-0.39, 0.29) is 36.5 Å². The molecule has 0 aliphatic carbocycles. The van der Waals surface area contributed by atoms with Crippen molar-refractivity contribution in [2.24, 2.45) is 5.92 Å². The molecule has 1 aromatic heterocycles. The van der Waals surface area contributed by atoms with Gasteiger partial charge in [-0.1, -0.05) is 50.6 Å². The highest BCUT2D eigenvalue weighted by Crippen LogP contribution is 2.20. The lowest BCUT2D eigenvalue weighted by atomic mass is 9.96. The van der Waals surface area contributed by atoms with Crippen molar-refractivity contribution in [3.63, 3.8) is 0 Å². The molecule has 0 saturated carbocycles. The van der Waals surface area contributed by atoms with Gasteiger partial charge in [0, 0.05) is 29.9 Å². The molecular weight excluding hydrogens is 538 g/mol. The number of aliphatic carboxylic acids is 1. The lowest BCUT2D eigenvalue weighted by molar-refractivity contribution is -0.142. The lowest BCUT2D eigenvalue weighted by Crippen LogP contribution is -2.59. The number of carboxylic acid groups (broad SMARTS) is 1. The number of rotatable bonds is 13. The van der Waals surface area contributed by atoms with Gasteiger partial charge in [0.25, 0.3) is 0 Å². The zero-order valence-electron chi connectivity index (χ0n) is 23.9. The SMILES string of the molecule is CCC(C)C(NC(=O)C1CCCN1)C(=O)NC(Cc1c[nH]c2ccccc12)C(=O)NC(Cc1ccc(O)cc1)C(=O)O. The quantitative estimate of drug-likeness (QED) is 0.163. The minimum Gasteiger partial charge on any atom is -0.508 e. The highest BCUT2D eigenvalue weighted by atomic mass is 16.4. The Labute approximate surface area is 244 Å². The molecule has 1 aliphatic heterocycles. The van der Waals surface area contributed by atoms with Crippen molar-refractivity contribution in [1.29, 1.82) is 0 Å².